The largest absolute Gasteiger partial charge is 0.481 e. The van der Waals surface area contributed by atoms with Crippen molar-refractivity contribution in [3.63, 3.8) is 0 Å². The average molecular weight is 162 g/mol. The minimum absolute atomic E-state index is 0.0613. The van der Waals surface area contributed by atoms with Gasteiger partial charge in [0.1, 0.15) is 0 Å². The molecule has 0 saturated carbocycles. The molecule has 0 saturated heterocycles. The number of hydrogen-bond donors (Lipinski definition) is 3. The molecule has 0 rings (SSSR count). The van der Waals surface area contributed by atoms with Crippen LogP contribution in [0.3, 0.4) is 0 Å². The van der Waals surface area contributed by atoms with Crippen molar-refractivity contribution < 1.29 is 14.7 Å². The molecule has 0 aliphatic carbocycles. The highest BCUT2D eigenvalue weighted by Crippen LogP contribution is 1.86. The molecule has 0 heterocycles. The Morgan fingerprint density at radius 1 is 1.36 bits per heavy atom. The zero-order valence-corrected chi connectivity index (χ0v) is 6.76. The van der Waals surface area contributed by atoms with Gasteiger partial charge in [-0.1, -0.05) is 0 Å². The number of hydrogen-bond acceptors (Lipinski definition) is 3. The van der Waals surface area contributed by atoms with Gasteiger partial charge in [-0.2, -0.15) is 0 Å². The molecule has 0 unspecified atom stereocenters. The van der Waals surface area contributed by atoms with E-state index in [1.54, 1.807) is 0 Å². The van der Waals surface area contributed by atoms with Crippen LogP contribution in [0.2, 0.25) is 0 Å². The Morgan fingerprint density at radius 2 is 1.82 bits per heavy atom. The highest BCUT2D eigenvalue weighted by molar-refractivity contribution is 5.80. The Labute approximate surface area is 65.6 Å². The Kier molecular flexibility index (Phi) is 10.2. The Morgan fingerprint density at radius 3 is 2.09 bits per heavy atom. The van der Waals surface area contributed by atoms with Gasteiger partial charge >= 0.3 is 5.97 Å². The number of carbonyl (C=O) groups excluding carboxylic acids is 1. The molecule has 0 aromatic rings. The summed E-state index contributed by atoms with van der Waals surface area (Å²) in [6.45, 7) is 0. The highest BCUT2D eigenvalue weighted by atomic mass is 16.4. The van der Waals surface area contributed by atoms with Crippen molar-refractivity contribution in [2.45, 2.75) is 12.8 Å². The lowest BCUT2D eigenvalue weighted by molar-refractivity contribution is -0.138. The van der Waals surface area contributed by atoms with Gasteiger partial charge in [-0.3, -0.25) is 9.59 Å². The summed E-state index contributed by atoms with van der Waals surface area (Å²) in [6, 6.07) is 0. The first kappa shape index (κ1) is 12.6. The van der Waals surface area contributed by atoms with E-state index in [4.69, 9.17) is 5.11 Å². The van der Waals surface area contributed by atoms with Gasteiger partial charge in [0.25, 0.3) is 0 Å². The third-order valence-electron chi connectivity index (χ3n) is 0.845. The monoisotopic (exact) mass is 162 g/mol. The van der Waals surface area contributed by atoms with Gasteiger partial charge in [-0.15, -0.1) is 0 Å². The molecule has 0 fully saturated rings. The Hall–Kier alpha value is -1.10. The number of nitrogens with two attached hydrogens (primary N) is 1. The van der Waals surface area contributed by atoms with Crippen LogP contribution in [0.15, 0.2) is 0 Å². The molecule has 0 spiro atoms. The van der Waals surface area contributed by atoms with E-state index in [0.717, 1.165) is 0 Å². The fraction of sp³-hybridized carbons (Fsp3) is 0.667. The molecule has 5 heteroatoms. The second kappa shape index (κ2) is 8.90. The molecule has 4 N–H and O–H groups in total. The van der Waals surface area contributed by atoms with Crippen molar-refractivity contribution in [2.24, 2.45) is 5.73 Å². The summed E-state index contributed by atoms with van der Waals surface area (Å²) in [5, 5.41) is 10.4. The molecule has 11 heavy (non-hydrogen) atoms. The zero-order valence-electron chi connectivity index (χ0n) is 6.76. The summed E-state index contributed by atoms with van der Waals surface area (Å²) in [4.78, 5) is 20.2. The first-order chi connectivity index (χ1) is 5.16. The summed E-state index contributed by atoms with van der Waals surface area (Å²) < 4.78 is 0. The van der Waals surface area contributed by atoms with Gasteiger partial charge in [0.15, 0.2) is 0 Å². The number of nitrogens with one attached hydrogen (secondary N) is 1. The minimum atomic E-state index is -0.946. The van der Waals surface area contributed by atoms with Crippen LogP contribution in [-0.4, -0.2) is 31.1 Å². The first-order valence-corrected chi connectivity index (χ1v) is 3.17. The van der Waals surface area contributed by atoms with E-state index in [1.807, 2.05) is 0 Å². The van der Waals surface area contributed by atoms with E-state index in [9.17, 15) is 9.59 Å². The van der Waals surface area contributed by atoms with E-state index in [-0.39, 0.29) is 18.7 Å². The van der Waals surface area contributed by atoms with Crippen LogP contribution in [0, 0.1) is 0 Å². The number of aliphatic carboxylic acids is 1. The molecular weight excluding hydrogens is 148 g/mol. The third-order valence-corrected chi connectivity index (χ3v) is 0.845. The lowest BCUT2D eigenvalue weighted by Gasteiger charge is -1.93. The number of carboxylic acids is 1. The summed E-state index contributed by atoms with van der Waals surface area (Å²) >= 11 is 0. The van der Waals surface area contributed by atoms with Gasteiger partial charge in [0, 0.05) is 13.5 Å². The van der Waals surface area contributed by atoms with Crippen molar-refractivity contribution in [1.82, 2.24) is 5.32 Å². The molecule has 1 amide bonds. The molecule has 0 bridgehead atoms. The molecule has 66 valence electrons. The van der Waals surface area contributed by atoms with Crippen LogP contribution < -0.4 is 11.1 Å². The van der Waals surface area contributed by atoms with E-state index >= 15 is 0 Å². The highest BCUT2D eigenvalue weighted by Gasteiger charge is 2.00. The topological polar surface area (TPSA) is 92.4 Å². The number of carboxylic acid groups (broad SMARTS) is 1. The van der Waals surface area contributed by atoms with Crippen LogP contribution in [0.25, 0.3) is 0 Å². The fourth-order valence-corrected chi connectivity index (χ4v) is 0.345. The van der Waals surface area contributed by atoms with Crippen molar-refractivity contribution >= 4 is 11.9 Å². The predicted octanol–water partition coefficient (Wildman–Crippen LogP) is -0.828. The van der Waals surface area contributed by atoms with Gasteiger partial charge in [0.2, 0.25) is 5.91 Å². The van der Waals surface area contributed by atoms with Crippen LogP contribution in [0.1, 0.15) is 12.8 Å². The van der Waals surface area contributed by atoms with Crippen LogP contribution >= 0.6 is 0 Å². The molecule has 0 aliphatic rings. The molecule has 0 radical (unpaired) electrons. The van der Waals surface area contributed by atoms with Crippen molar-refractivity contribution in [1.29, 1.82) is 0 Å². The minimum Gasteiger partial charge on any atom is -0.481 e. The first-order valence-electron chi connectivity index (χ1n) is 3.17. The second-order valence-electron chi connectivity index (χ2n) is 1.57. The summed E-state index contributed by atoms with van der Waals surface area (Å²) in [5.41, 5.74) is 4.50. The third kappa shape index (κ3) is 12.2. The van der Waals surface area contributed by atoms with Crippen LogP contribution in [-0.2, 0) is 9.59 Å². The van der Waals surface area contributed by atoms with Crippen molar-refractivity contribution in [3.05, 3.63) is 0 Å². The Bertz CT molecular complexity index is 125. The molecule has 0 aromatic carbocycles. The van der Waals surface area contributed by atoms with Gasteiger partial charge < -0.3 is 16.2 Å². The van der Waals surface area contributed by atoms with E-state index in [0.29, 0.717) is 0 Å². The van der Waals surface area contributed by atoms with Crippen molar-refractivity contribution in [3.8, 4) is 0 Å². The normalized spacial score (nSPS) is 7.55. The van der Waals surface area contributed by atoms with Gasteiger partial charge in [-0.05, 0) is 7.05 Å². The predicted molar refractivity (Wildman–Crippen MR) is 41.0 cm³/mol. The summed E-state index contributed by atoms with van der Waals surface area (Å²) in [7, 11) is 2.98. The SMILES string of the molecule is CN.CNC(=O)CCC(=O)O. The summed E-state index contributed by atoms with van der Waals surface area (Å²) in [6.07, 6.45) is -0.0362. The molecule has 0 aromatic heterocycles. The molecular formula is C6H14N2O3. The number of carbonyl (C=O) groups is 2. The van der Waals surface area contributed by atoms with Crippen molar-refractivity contribution in [2.75, 3.05) is 14.1 Å². The maximum atomic E-state index is 10.3. The van der Waals surface area contributed by atoms with E-state index < -0.39 is 5.97 Å². The summed E-state index contributed by atoms with van der Waals surface area (Å²) in [5.74, 6) is -1.18. The smallest absolute Gasteiger partial charge is 0.303 e. The van der Waals surface area contributed by atoms with Gasteiger partial charge in [0.05, 0.1) is 6.42 Å². The van der Waals surface area contributed by atoms with Crippen LogP contribution in [0.4, 0.5) is 0 Å². The maximum Gasteiger partial charge on any atom is 0.303 e. The maximum absolute atomic E-state index is 10.3. The zero-order chi connectivity index (χ0) is 9.28. The number of rotatable bonds is 3. The second-order valence-corrected chi connectivity index (χ2v) is 1.57. The lowest BCUT2D eigenvalue weighted by atomic mass is 10.3. The van der Waals surface area contributed by atoms with Gasteiger partial charge in [-0.25, -0.2) is 0 Å². The lowest BCUT2D eigenvalue weighted by Crippen LogP contribution is -2.18. The van der Waals surface area contributed by atoms with Crippen LogP contribution in [0.5, 0.6) is 0 Å². The van der Waals surface area contributed by atoms with E-state index in [2.05, 4.69) is 11.1 Å². The Balaban J connectivity index is 0. The fourth-order valence-electron chi connectivity index (χ4n) is 0.345. The standard InChI is InChI=1S/C5H9NO3.CH5N/c1-6-4(7)2-3-5(8)9;1-2/h2-3H2,1H3,(H,6,7)(H,8,9);2H2,1H3. The quantitative estimate of drug-likeness (QED) is 0.505. The molecule has 5 nitrogen and oxygen atoms in total. The van der Waals surface area contributed by atoms with E-state index in [1.165, 1.54) is 14.1 Å². The number of amides is 1. The molecule has 0 aliphatic heterocycles. The molecule has 0 atom stereocenters. The average Bonchev–Trinajstić information content (AvgIpc) is 2.04.